The van der Waals surface area contributed by atoms with E-state index in [4.69, 9.17) is 16.7 Å². The first-order valence-electron chi connectivity index (χ1n) is 5.17. The van der Waals surface area contributed by atoms with Crippen LogP contribution in [0.25, 0.3) is 0 Å². The molecule has 0 aliphatic carbocycles. The fourth-order valence-corrected chi connectivity index (χ4v) is 3.16. The van der Waals surface area contributed by atoms with E-state index < -0.39 is 5.97 Å². The van der Waals surface area contributed by atoms with E-state index in [0.717, 1.165) is 20.7 Å². The number of nitrogens with zero attached hydrogens (tertiary/aromatic N) is 1. The van der Waals surface area contributed by atoms with Crippen molar-refractivity contribution in [1.82, 2.24) is 4.98 Å². The molecule has 94 valence electrons. The molecule has 2 aromatic rings. The average Bonchev–Trinajstić information content (AvgIpc) is 2.75. The summed E-state index contributed by atoms with van der Waals surface area (Å²) in [4.78, 5) is 15.9. The third-order valence-corrected chi connectivity index (χ3v) is 4.46. The zero-order valence-electron chi connectivity index (χ0n) is 9.30. The Morgan fingerprint density at radius 1 is 1.39 bits per heavy atom. The van der Waals surface area contributed by atoms with E-state index in [9.17, 15) is 4.79 Å². The summed E-state index contributed by atoms with van der Waals surface area (Å²) >= 11 is 8.95. The van der Waals surface area contributed by atoms with Crippen molar-refractivity contribution in [2.75, 3.05) is 0 Å². The molecule has 0 saturated carbocycles. The molecule has 18 heavy (non-hydrogen) atoms. The number of rotatable bonds is 5. The largest absolute Gasteiger partial charge is 0.481 e. The molecule has 0 amide bonds. The van der Waals surface area contributed by atoms with Crippen LogP contribution in [0.4, 0.5) is 0 Å². The molecule has 0 atom stereocenters. The third kappa shape index (κ3) is 4.01. The van der Waals surface area contributed by atoms with Crippen LogP contribution < -0.4 is 0 Å². The van der Waals surface area contributed by atoms with Gasteiger partial charge in [0.1, 0.15) is 5.01 Å². The minimum absolute atomic E-state index is 0.0118. The predicted octanol–water partition coefficient (Wildman–Crippen LogP) is 3.72. The summed E-state index contributed by atoms with van der Waals surface area (Å²) in [6, 6.07) is 7.61. The van der Waals surface area contributed by atoms with Gasteiger partial charge in [-0.25, -0.2) is 4.98 Å². The Balaban J connectivity index is 1.92. The van der Waals surface area contributed by atoms with Gasteiger partial charge in [-0.1, -0.05) is 11.6 Å². The smallest absolute Gasteiger partial charge is 0.309 e. The van der Waals surface area contributed by atoms with Gasteiger partial charge in [0.05, 0.1) is 17.9 Å². The Morgan fingerprint density at radius 2 is 2.11 bits per heavy atom. The van der Waals surface area contributed by atoms with Gasteiger partial charge in [-0.15, -0.1) is 23.1 Å². The van der Waals surface area contributed by atoms with E-state index in [1.165, 1.54) is 11.3 Å². The maximum atomic E-state index is 10.5. The fraction of sp³-hybridized carbons (Fsp3) is 0.167. The topological polar surface area (TPSA) is 50.2 Å². The highest BCUT2D eigenvalue weighted by Gasteiger charge is 2.06. The van der Waals surface area contributed by atoms with Crippen LogP contribution in [0.1, 0.15) is 10.7 Å². The van der Waals surface area contributed by atoms with Gasteiger partial charge in [-0.3, -0.25) is 4.79 Å². The Kier molecular flexibility index (Phi) is 4.63. The summed E-state index contributed by atoms with van der Waals surface area (Å²) in [5, 5.41) is 12.1. The highest BCUT2D eigenvalue weighted by Crippen LogP contribution is 2.25. The molecule has 1 N–H and O–H groups in total. The second-order valence-corrected chi connectivity index (χ2v) is 5.97. The van der Waals surface area contributed by atoms with Gasteiger partial charge >= 0.3 is 5.97 Å². The monoisotopic (exact) mass is 299 g/mol. The number of hydrogen-bond acceptors (Lipinski definition) is 4. The Hall–Kier alpha value is -1.04. The molecule has 3 nitrogen and oxygen atoms in total. The van der Waals surface area contributed by atoms with Crippen molar-refractivity contribution in [2.24, 2.45) is 0 Å². The molecule has 0 spiro atoms. The number of carboxylic acids is 1. The molecule has 0 aliphatic heterocycles. The molecule has 1 aromatic carbocycles. The summed E-state index contributed by atoms with van der Waals surface area (Å²) in [5.74, 6) is -0.108. The zero-order chi connectivity index (χ0) is 13.0. The highest BCUT2D eigenvalue weighted by molar-refractivity contribution is 7.98. The molecule has 0 unspecified atom stereocenters. The molecule has 2 rings (SSSR count). The van der Waals surface area contributed by atoms with Gasteiger partial charge < -0.3 is 5.11 Å². The molecule has 6 heteroatoms. The van der Waals surface area contributed by atoms with E-state index in [1.807, 2.05) is 24.3 Å². The maximum absolute atomic E-state index is 10.5. The standard InChI is InChI=1S/C12H10ClNO2S2/c13-8-1-3-10(4-2-8)17-7-11-14-9(6-18-11)5-12(15)16/h1-4,6H,5,7H2,(H,15,16). The fourth-order valence-electron chi connectivity index (χ4n) is 1.33. The minimum Gasteiger partial charge on any atom is -0.481 e. The van der Waals surface area contributed by atoms with Gasteiger partial charge in [0.25, 0.3) is 0 Å². The second kappa shape index (κ2) is 6.22. The van der Waals surface area contributed by atoms with Crippen molar-refractivity contribution >= 4 is 40.7 Å². The van der Waals surface area contributed by atoms with E-state index in [2.05, 4.69) is 4.98 Å². The first-order chi connectivity index (χ1) is 8.63. The Labute approximate surface area is 118 Å². The number of thiazole rings is 1. The maximum Gasteiger partial charge on any atom is 0.309 e. The molecule has 0 bridgehead atoms. The molecular formula is C12H10ClNO2S2. The predicted molar refractivity (Wildman–Crippen MR) is 74.5 cm³/mol. The summed E-state index contributed by atoms with van der Waals surface area (Å²) in [6.07, 6.45) is -0.0118. The number of aliphatic carboxylic acids is 1. The lowest BCUT2D eigenvalue weighted by Crippen LogP contribution is -2.00. The lowest BCUT2D eigenvalue weighted by atomic mass is 10.3. The van der Waals surface area contributed by atoms with Gasteiger partial charge in [-0.05, 0) is 24.3 Å². The van der Waals surface area contributed by atoms with E-state index in [-0.39, 0.29) is 6.42 Å². The Morgan fingerprint density at radius 3 is 2.78 bits per heavy atom. The molecule has 1 aromatic heterocycles. The van der Waals surface area contributed by atoms with Crippen LogP contribution >= 0.6 is 34.7 Å². The van der Waals surface area contributed by atoms with Crippen molar-refractivity contribution < 1.29 is 9.90 Å². The number of hydrogen-bond donors (Lipinski definition) is 1. The number of thioether (sulfide) groups is 1. The number of halogens is 1. The van der Waals surface area contributed by atoms with Crippen LogP contribution in [0.15, 0.2) is 34.5 Å². The quantitative estimate of drug-likeness (QED) is 0.855. The molecule has 0 radical (unpaired) electrons. The first kappa shape index (κ1) is 13.4. The van der Waals surface area contributed by atoms with Gasteiger partial charge in [0.15, 0.2) is 0 Å². The van der Waals surface area contributed by atoms with Crippen molar-refractivity contribution in [3.63, 3.8) is 0 Å². The van der Waals surface area contributed by atoms with Crippen LogP contribution in [0, 0.1) is 0 Å². The minimum atomic E-state index is -0.850. The van der Waals surface area contributed by atoms with E-state index in [1.54, 1.807) is 17.1 Å². The van der Waals surface area contributed by atoms with Crippen LogP contribution in [0.2, 0.25) is 5.02 Å². The van der Waals surface area contributed by atoms with Crippen molar-refractivity contribution in [3.05, 3.63) is 45.4 Å². The molecule has 0 saturated heterocycles. The van der Waals surface area contributed by atoms with Gasteiger partial charge in [-0.2, -0.15) is 0 Å². The number of carboxylic acid groups (broad SMARTS) is 1. The van der Waals surface area contributed by atoms with E-state index in [0.29, 0.717) is 5.69 Å². The van der Waals surface area contributed by atoms with Crippen LogP contribution in [0.3, 0.4) is 0 Å². The first-order valence-corrected chi connectivity index (χ1v) is 7.41. The van der Waals surface area contributed by atoms with E-state index >= 15 is 0 Å². The lowest BCUT2D eigenvalue weighted by molar-refractivity contribution is -0.136. The van der Waals surface area contributed by atoms with Crippen molar-refractivity contribution in [1.29, 1.82) is 0 Å². The van der Waals surface area contributed by atoms with Crippen LogP contribution in [-0.4, -0.2) is 16.1 Å². The summed E-state index contributed by atoms with van der Waals surface area (Å²) in [5.41, 5.74) is 0.624. The average molecular weight is 300 g/mol. The van der Waals surface area contributed by atoms with Crippen molar-refractivity contribution in [3.8, 4) is 0 Å². The second-order valence-electron chi connectivity index (χ2n) is 3.55. The normalized spacial score (nSPS) is 10.5. The third-order valence-electron chi connectivity index (χ3n) is 2.11. The summed E-state index contributed by atoms with van der Waals surface area (Å²) < 4.78 is 0. The molecule has 0 aliphatic rings. The SMILES string of the molecule is O=C(O)Cc1csc(CSc2ccc(Cl)cc2)n1. The summed E-state index contributed by atoms with van der Waals surface area (Å²) in [7, 11) is 0. The lowest BCUT2D eigenvalue weighted by Gasteiger charge is -1.98. The van der Waals surface area contributed by atoms with Gasteiger partial charge in [0, 0.05) is 15.3 Å². The van der Waals surface area contributed by atoms with Crippen LogP contribution in [0.5, 0.6) is 0 Å². The highest BCUT2D eigenvalue weighted by atomic mass is 35.5. The number of benzene rings is 1. The molecule has 1 heterocycles. The molecule has 0 fully saturated rings. The summed E-state index contributed by atoms with van der Waals surface area (Å²) in [6.45, 7) is 0. The number of aromatic nitrogens is 1. The van der Waals surface area contributed by atoms with Crippen LogP contribution in [-0.2, 0) is 17.0 Å². The van der Waals surface area contributed by atoms with Gasteiger partial charge in [0.2, 0.25) is 0 Å². The van der Waals surface area contributed by atoms with Crippen molar-refractivity contribution in [2.45, 2.75) is 17.1 Å². The number of carbonyl (C=O) groups is 1. The zero-order valence-corrected chi connectivity index (χ0v) is 11.7. The molecular weight excluding hydrogens is 290 g/mol. The Bertz CT molecular complexity index is 539.